The van der Waals surface area contributed by atoms with Gasteiger partial charge in [-0.1, -0.05) is 25.0 Å². The molecule has 1 aromatic rings. The second-order valence-electron chi connectivity index (χ2n) is 4.90. The molecule has 1 fully saturated rings. The third-order valence-corrected chi connectivity index (χ3v) is 4.59. The van der Waals surface area contributed by atoms with Gasteiger partial charge in [0.15, 0.2) is 0 Å². The van der Waals surface area contributed by atoms with Gasteiger partial charge in [-0.2, -0.15) is 0 Å². The van der Waals surface area contributed by atoms with Gasteiger partial charge in [-0.25, -0.2) is 0 Å². The van der Waals surface area contributed by atoms with Crippen LogP contribution in [0.2, 0.25) is 0 Å². The van der Waals surface area contributed by atoms with Crippen LogP contribution in [0.25, 0.3) is 0 Å². The number of rotatable bonds is 5. The summed E-state index contributed by atoms with van der Waals surface area (Å²) in [6, 6.07) is 8.56. The van der Waals surface area contributed by atoms with Gasteiger partial charge < -0.3 is 10.4 Å². The van der Waals surface area contributed by atoms with Crippen molar-refractivity contribution in [1.82, 2.24) is 5.32 Å². The molecule has 1 aromatic carbocycles. The van der Waals surface area contributed by atoms with Crippen LogP contribution in [0.5, 0.6) is 0 Å². The molecule has 2 rings (SSSR count). The van der Waals surface area contributed by atoms with E-state index in [2.05, 4.69) is 29.6 Å². The van der Waals surface area contributed by atoms with Crippen LogP contribution in [0.1, 0.15) is 31.2 Å². The Labute approximate surface area is 108 Å². The molecule has 94 valence electrons. The van der Waals surface area contributed by atoms with Gasteiger partial charge in [0.25, 0.3) is 0 Å². The van der Waals surface area contributed by atoms with Crippen molar-refractivity contribution >= 4 is 11.8 Å². The third-order valence-electron chi connectivity index (χ3n) is 3.32. The Bertz CT molecular complexity index is 361. The highest BCUT2D eigenvalue weighted by Crippen LogP contribution is 2.34. The SMILES string of the molecule is CNCc1cccc(SCC2(O)CCCC2)c1. The van der Waals surface area contributed by atoms with E-state index in [0.29, 0.717) is 0 Å². The van der Waals surface area contributed by atoms with Crippen molar-refractivity contribution in [2.24, 2.45) is 0 Å². The first kappa shape index (κ1) is 12.9. The van der Waals surface area contributed by atoms with Gasteiger partial charge in [-0.3, -0.25) is 0 Å². The molecule has 0 bridgehead atoms. The Kier molecular flexibility index (Phi) is 4.48. The van der Waals surface area contributed by atoms with Crippen molar-refractivity contribution in [2.45, 2.75) is 42.7 Å². The zero-order valence-electron chi connectivity index (χ0n) is 10.4. The van der Waals surface area contributed by atoms with Crippen molar-refractivity contribution < 1.29 is 5.11 Å². The predicted octanol–water partition coefficient (Wildman–Crippen LogP) is 2.80. The normalized spacial score (nSPS) is 18.5. The fourth-order valence-corrected chi connectivity index (χ4v) is 3.48. The van der Waals surface area contributed by atoms with Crippen molar-refractivity contribution in [1.29, 1.82) is 0 Å². The summed E-state index contributed by atoms with van der Waals surface area (Å²) in [6.45, 7) is 0.901. The third kappa shape index (κ3) is 3.73. The minimum Gasteiger partial charge on any atom is -0.389 e. The molecule has 0 heterocycles. The molecular weight excluding hydrogens is 230 g/mol. The van der Waals surface area contributed by atoms with Gasteiger partial charge in [0.2, 0.25) is 0 Å². The van der Waals surface area contributed by atoms with Crippen LogP contribution in [0, 0.1) is 0 Å². The quantitative estimate of drug-likeness (QED) is 0.789. The molecule has 1 aliphatic rings. The van der Waals surface area contributed by atoms with Crippen LogP contribution in [0.4, 0.5) is 0 Å². The maximum Gasteiger partial charge on any atom is 0.0741 e. The summed E-state index contributed by atoms with van der Waals surface area (Å²) in [6.07, 6.45) is 4.29. The fraction of sp³-hybridized carbons (Fsp3) is 0.571. The van der Waals surface area contributed by atoms with Gasteiger partial charge in [-0.05, 0) is 37.6 Å². The van der Waals surface area contributed by atoms with E-state index in [1.165, 1.54) is 23.3 Å². The second-order valence-corrected chi connectivity index (χ2v) is 5.95. The lowest BCUT2D eigenvalue weighted by Crippen LogP contribution is -2.27. The van der Waals surface area contributed by atoms with Crippen LogP contribution in [0.3, 0.4) is 0 Å². The minimum atomic E-state index is -0.413. The summed E-state index contributed by atoms with van der Waals surface area (Å²) in [4.78, 5) is 1.26. The first-order valence-electron chi connectivity index (χ1n) is 6.31. The topological polar surface area (TPSA) is 32.3 Å². The Hall–Kier alpha value is -0.510. The van der Waals surface area contributed by atoms with Crippen molar-refractivity contribution in [3.63, 3.8) is 0 Å². The summed E-state index contributed by atoms with van der Waals surface area (Å²) < 4.78 is 0. The highest BCUT2D eigenvalue weighted by Gasteiger charge is 2.30. The Morgan fingerprint density at radius 1 is 1.35 bits per heavy atom. The minimum absolute atomic E-state index is 0.413. The van der Waals surface area contributed by atoms with E-state index in [-0.39, 0.29) is 0 Å². The molecule has 0 atom stereocenters. The zero-order chi connectivity index (χ0) is 12.1. The first-order valence-corrected chi connectivity index (χ1v) is 7.29. The average molecular weight is 251 g/mol. The van der Waals surface area contributed by atoms with Crippen LogP contribution >= 0.6 is 11.8 Å². The standard InChI is InChI=1S/C14H21NOS/c1-15-10-12-5-4-6-13(9-12)17-11-14(16)7-2-3-8-14/h4-6,9,15-16H,2-3,7-8,10-11H2,1H3. The smallest absolute Gasteiger partial charge is 0.0741 e. The molecule has 2 nitrogen and oxygen atoms in total. The molecule has 0 aromatic heterocycles. The van der Waals surface area contributed by atoms with Crippen molar-refractivity contribution in [2.75, 3.05) is 12.8 Å². The Morgan fingerprint density at radius 3 is 2.82 bits per heavy atom. The van der Waals surface area contributed by atoms with E-state index in [4.69, 9.17) is 0 Å². The summed E-state index contributed by atoms with van der Waals surface area (Å²) in [5.41, 5.74) is 0.889. The Balaban J connectivity index is 1.91. The number of nitrogens with one attached hydrogen (secondary N) is 1. The molecule has 1 saturated carbocycles. The molecule has 0 amide bonds. The summed E-state index contributed by atoms with van der Waals surface area (Å²) in [5, 5.41) is 13.4. The number of thioether (sulfide) groups is 1. The van der Waals surface area contributed by atoms with E-state index in [1.807, 2.05) is 7.05 Å². The average Bonchev–Trinajstić information content (AvgIpc) is 2.76. The van der Waals surface area contributed by atoms with Gasteiger partial charge in [0, 0.05) is 17.2 Å². The maximum atomic E-state index is 10.3. The Morgan fingerprint density at radius 2 is 2.12 bits per heavy atom. The number of aliphatic hydroxyl groups is 1. The molecule has 0 spiro atoms. The van der Waals surface area contributed by atoms with Crippen LogP contribution in [-0.2, 0) is 6.54 Å². The summed E-state index contributed by atoms with van der Waals surface area (Å²) in [7, 11) is 1.96. The summed E-state index contributed by atoms with van der Waals surface area (Å²) >= 11 is 1.78. The molecule has 0 unspecified atom stereocenters. The molecule has 2 N–H and O–H groups in total. The molecule has 0 saturated heterocycles. The van der Waals surface area contributed by atoms with Gasteiger partial charge >= 0.3 is 0 Å². The van der Waals surface area contributed by atoms with Crippen molar-refractivity contribution in [3.8, 4) is 0 Å². The van der Waals surface area contributed by atoms with Crippen LogP contribution < -0.4 is 5.32 Å². The highest BCUT2D eigenvalue weighted by atomic mass is 32.2. The van der Waals surface area contributed by atoms with E-state index < -0.39 is 5.60 Å². The van der Waals surface area contributed by atoms with Gasteiger partial charge in [0.05, 0.1) is 5.60 Å². The largest absolute Gasteiger partial charge is 0.389 e. The summed E-state index contributed by atoms with van der Waals surface area (Å²) in [5.74, 6) is 0.829. The molecule has 3 heteroatoms. The van der Waals surface area contributed by atoms with Crippen molar-refractivity contribution in [3.05, 3.63) is 29.8 Å². The predicted molar refractivity (Wildman–Crippen MR) is 73.3 cm³/mol. The van der Waals surface area contributed by atoms with Gasteiger partial charge in [0.1, 0.15) is 0 Å². The molecule has 17 heavy (non-hydrogen) atoms. The molecule has 0 aliphatic heterocycles. The van der Waals surface area contributed by atoms with Crippen LogP contribution in [-0.4, -0.2) is 23.5 Å². The molecular formula is C14H21NOS. The van der Waals surface area contributed by atoms with E-state index in [0.717, 1.165) is 25.1 Å². The molecule has 0 radical (unpaired) electrons. The second kappa shape index (κ2) is 5.89. The fourth-order valence-electron chi connectivity index (χ4n) is 2.34. The lowest BCUT2D eigenvalue weighted by Gasteiger charge is -2.21. The molecule has 1 aliphatic carbocycles. The van der Waals surface area contributed by atoms with Gasteiger partial charge in [-0.15, -0.1) is 11.8 Å². The first-order chi connectivity index (χ1) is 8.22. The van der Waals surface area contributed by atoms with E-state index in [9.17, 15) is 5.11 Å². The maximum absolute atomic E-state index is 10.3. The number of benzene rings is 1. The van der Waals surface area contributed by atoms with Crippen LogP contribution in [0.15, 0.2) is 29.2 Å². The number of hydrogen-bond acceptors (Lipinski definition) is 3. The highest BCUT2D eigenvalue weighted by molar-refractivity contribution is 7.99. The van der Waals surface area contributed by atoms with E-state index in [1.54, 1.807) is 11.8 Å². The van der Waals surface area contributed by atoms with E-state index >= 15 is 0 Å². The number of hydrogen-bond donors (Lipinski definition) is 2. The lowest BCUT2D eigenvalue weighted by molar-refractivity contribution is 0.0732. The zero-order valence-corrected chi connectivity index (χ0v) is 11.2. The monoisotopic (exact) mass is 251 g/mol. The lowest BCUT2D eigenvalue weighted by atomic mass is 10.1.